The Hall–Kier alpha value is -2.04. The molecule has 0 radical (unpaired) electrons. The lowest BCUT2D eigenvalue weighted by Crippen LogP contribution is -1.72. The topological polar surface area (TPSA) is 25.8 Å². The molecular formula is C16H10N2S2. The van der Waals surface area contributed by atoms with E-state index in [9.17, 15) is 0 Å². The highest BCUT2D eigenvalue weighted by Crippen LogP contribution is 2.41. The van der Waals surface area contributed by atoms with Crippen LogP contribution >= 0.6 is 22.7 Å². The molecular weight excluding hydrogens is 284 g/mol. The molecule has 0 amide bonds. The molecule has 0 fully saturated rings. The average molecular weight is 294 g/mol. The summed E-state index contributed by atoms with van der Waals surface area (Å²) in [5, 5.41) is 0. The quantitative estimate of drug-likeness (QED) is 0.515. The van der Waals surface area contributed by atoms with Crippen LogP contribution in [0.15, 0.2) is 61.2 Å². The van der Waals surface area contributed by atoms with E-state index in [1.165, 1.54) is 30.3 Å². The largest absolute Gasteiger partial charge is 0.265 e. The Morgan fingerprint density at radius 2 is 1.00 bits per heavy atom. The lowest BCUT2D eigenvalue weighted by Gasteiger charge is -1.95. The van der Waals surface area contributed by atoms with Gasteiger partial charge in [-0.3, -0.25) is 9.97 Å². The fraction of sp³-hybridized carbons (Fsp3) is 0. The number of nitrogens with zero attached hydrogens (tertiary/aromatic N) is 2. The maximum absolute atomic E-state index is 4.07. The van der Waals surface area contributed by atoms with Crippen molar-refractivity contribution in [1.29, 1.82) is 0 Å². The molecule has 2 nitrogen and oxygen atoms in total. The standard InChI is InChI=1S/C16H10N2S2/c1-5-17-6-2-11(1)13-9-15-16(19-13)10-14(20-15)12-3-7-18-8-4-12/h1-10H. The summed E-state index contributed by atoms with van der Waals surface area (Å²) >= 11 is 3.67. The van der Waals surface area contributed by atoms with Crippen molar-refractivity contribution in [2.75, 3.05) is 0 Å². The third-order valence-corrected chi connectivity index (χ3v) is 5.53. The number of aromatic nitrogens is 2. The highest BCUT2D eigenvalue weighted by molar-refractivity contribution is 7.31. The van der Waals surface area contributed by atoms with E-state index in [0.29, 0.717) is 0 Å². The summed E-state index contributed by atoms with van der Waals surface area (Å²) in [6.07, 6.45) is 7.36. The van der Waals surface area contributed by atoms with E-state index in [-0.39, 0.29) is 0 Å². The van der Waals surface area contributed by atoms with Gasteiger partial charge in [-0.25, -0.2) is 0 Å². The van der Waals surface area contributed by atoms with Crippen LogP contribution in [0.3, 0.4) is 0 Å². The first-order valence-corrected chi connectivity index (χ1v) is 7.88. The predicted molar refractivity (Wildman–Crippen MR) is 86.2 cm³/mol. The van der Waals surface area contributed by atoms with Crippen molar-refractivity contribution in [3.63, 3.8) is 0 Å². The minimum absolute atomic E-state index is 1.24. The van der Waals surface area contributed by atoms with Gasteiger partial charge in [0.1, 0.15) is 0 Å². The number of thiophene rings is 2. The zero-order chi connectivity index (χ0) is 13.4. The van der Waals surface area contributed by atoms with Gasteiger partial charge in [0.2, 0.25) is 0 Å². The number of pyridine rings is 2. The average Bonchev–Trinajstić information content (AvgIpc) is 3.08. The third kappa shape index (κ3) is 2.03. The molecule has 0 N–H and O–H groups in total. The first-order valence-electron chi connectivity index (χ1n) is 6.24. The summed E-state index contributed by atoms with van der Waals surface area (Å²) < 4.78 is 2.68. The van der Waals surface area contributed by atoms with E-state index in [1.807, 2.05) is 47.5 Å². The van der Waals surface area contributed by atoms with E-state index in [1.54, 1.807) is 0 Å². The maximum atomic E-state index is 4.07. The van der Waals surface area contributed by atoms with Gasteiger partial charge in [0, 0.05) is 43.9 Å². The minimum Gasteiger partial charge on any atom is -0.265 e. The lowest BCUT2D eigenvalue weighted by molar-refractivity contribution is 1.33. The Morgan fingerprint density at radius 1 is 0.600 bits per heavy atom. The van der Waals surface area contributed by atoms with Crippen molar-refractivity contribution < 1.29 is 0 Å². The van der Waals surface area contributed by atoms with Crippen LogP contribution in [0, 0.1) is 0 Å². The van der Waals surface area contributed by atoms with Crippen LogP contribution in [0.25, 0.3) is 30.3 Å². The van der Waals surface area contributed by atoms with Crippen molar-refractivity contribution >= 4 is 32.1 Å². The summed E-state index contributed by atoms with van der Waals surface area (Å²) in [5.41, 5.74) is 2.47. The molecule has 4 rings (SSSR count). The number of hydrogen-bond acceptors (Lipinski definition) is 4. The molecule has 0 aliphatic heterocycles. The molecule has 4 heteroatoms. The van der Waals surface area contributed by atoms with E-state index in [2.05, 4.69) is 46.4 Å². The van der Waals surface area contributed by atoms with Crippen LogP contribution in [-0.4, -0.2) is 9.97 Å². The van der Waals surface area contributed by atoms with Gasteiger partial charge >= 0.3 is 0 Å². The van der Waals surface area contributed by atoms with E-state index >= 15 is 0 Å². The highest BCUT2D eigenvalue weighted by Gasteiger charge is 2.09. The summed E-state index contributed by atoms with van der Waals surface area (Å²) in [4.78, 5) is 10.7. The fourth-order valence-corrected chi connectivity index (χ4v) is 4.56. The van der Waals surface area contributed by atoms with Crippen LogP contribution in [0.2, 0.25) is 0 Å². The maximum Gasteiger partial charge on any atom is 0.0463 e. The number of hydrogen-bond donors (Lipinski definition) is 0. The molecule has 0 atom stereocenters. The Bertz CT molecular complexity index is 747. The van der Waals surface area contributed by atoms with Crippen LogP contribution in [0.5, 0.6) is 0 Å². The fourth-order valence-electron chi connectivity index (χ4n) is 2.15. The highest BCUT2D eigenvalue weighted by atomic mass is 32.1. The summed E-state index contributed by atoms with van der Waals surface area (Å²) in [6.45, 7) is 0. The first kappa shape index (κ1) is 11.8. The minimum atomic E-state index is 1.24. The van der Waals surface area contributed by atoms with Crippen LogP contribution in [0.1, 0.15) is 0 Å². The summed E-state index contributed by atoms with van der Waals surface area (Å²) in [7, 11) is 0. The second-order valence-electron chi connectivity index (χ2n) is 4.42. The Balaban J connectivity index is 1.78. The molecule has 4 aromatic heterocycles. The van der Waals surface area contributed by atoms with Crippen molar-refractivity contribution in [3.8, 4) is 20.9 Å². The smallest absolute Gasteiger partial charge is 0.0463 e. The van der Waals surface area contributed by atoms with Crippen LogP contribution in [-0.2, 0) is 0 Å². The van der Waals surface area contributed by atoms with Crippen molar-refractivity contribution in [1.82, 2.24) is 9.97 Å². The molecule has 0 aliphatic rings. The Kier molecular flexibility index (Phi) is 2.83. The summed E-state index contributed by atoms with van der Waals surface area (Å²) in [6, 6.07) is 12.8. The molecule has 4 heterocycles. The van der Waals surface area contributed by atoms with E-state index in [0.717, 1.165) is 0 Å². The molecule has 0 spiro atoms. The molecule has 0 unspecified atom stereocenters. The monoisotopic (exact) mass is 294 g/mol. The first-order chi connectivity index (χ1) is 9.90. The molecule has 96 valence electrons. The zero-order valence-corrected chi connectivity index (χ0v) is 12.1. The van der Waals surface area contributed by atoms with Crippen molar-refractivity contribution in [3.05, 3.63) is 61.2 Å². The number of fused-ring (bicyclic) bond motifs is 1. The van der Waals surface area contributed by atoms with Gasteiger partial charge in [-0.15, -0.1) is 22.7 Å². The van der Waals surface area contributed by atoms with Gasteiger partial charge in [-0.05, 0) is 47.5 Å². The second-order valence-corrected chi connectivity index (χ2v) is 6.59. The zero-order valence-electron chi connectivity index (χ0n) is 10.5. The molecule has 0 saturated heterocycles. The van der Waals surface area contributed by atoms with E-state index in [4.69, 9.17) is 0 Å². The van der Waals surface area contributed by atoms with Gasteiger partial charge in [0.15, 0.2) is 0 Å². The normalized spacial score (nSPS) is 11.0. The van der Waals surface area contributed by atoms with Gasteiger partial charge in [-0.1, -0.05) is 0 Å². The molecule has 20 heavy (non-hydrogen) atoms. The van der Waals surface area contributed by atoms with Crippen molar-refractivity contribution in [2.45, 2.75) is 0 Å². The van der Waals surface area contributed by atoms with Gasteiger partial charge in [0.25, 0.3) is 0 Å². The molecule has 0 saturated carbocycles. The molecule has 0 aromatic carbocycles. The van der Waals surface area contributed by atoms with E-state index < -0.39 is 0 Å². The molecule has 0 aliphatic carbocycles. The predicted octanol–water partition coefficient (Wildman–Crippen LogP) is 5.09. The molecule has 0 bridgehead atoms. The van der Waals surface area contributed by atoms with Gasteiger partial charge in [0.05, 0.1) is 0 Å². The van der Waals surface area contributed by atoms with Crippen LogP contribution < -0.4 is 0 Å². The SMILES string of the molecule is c1cc(-c2cc3sc(-c4ccncc4)cc3s2)ccn1. The van der Waals surface area contributed by atoms with Crippen LogP contribution in [0.4, 0.5) is 0 Å². The third-order valence-electron chi connectivity index (χ3n) is 3.14. The lowest BCUT2D eigenvalue weighted by atomic mass is 10.2. The Morgan fingerprint density at radius 3 is 1.40 bits per heavy atom. The van der Waals surface area contributed by atoms with Gasteiger partial charge in [-0.2, -0.15) is 0 Å². The number of rotatable bonds is 2. The molecule has 4 aromatic rings. The second kappa shape index (κ2) is 4.81. The van der Waals surface area contributed by atoms with Gasteiger partial charge < -0.3 is 0 Å². The Labute approximate surface area is 124 Å². The summed E-state index contributed by atoms with van der Waals surface area (Å²) in [5.74, 6) is 0. The van der Waals surface area contributed by atoms with Crippen molar-refractivity contribution in [2.24, 2.45) is 0 Å².